The summed E-state index contributed by atoms with van der Waals surface area (Å²) in [5, 5.41) is 9.66. The zero-order valence-electron chi connectivity index (χ0n) is 10.5. The van der Waals surface area contributed by atoms with Gasteiger partial charge >= 0.3 is 0 Å². The largest absolute Gasteiger partial charge is 0.508 e. The molecule has 0 saturated heterocycles. The number of hydrogen-bond donors (Lipinski definition) is 1. The van der Waals surface area contributed by atoms with Gasteiger partial charge in [0.15, 0.2) is 0 Å². The van der Waals surface area contributed by atoms with E-state index in [1.807, 2.05) is 38.1 Å². The fraction of sp³-hybridized carbons (Fsp3) is 0.286. The van der Waals surface area contributed by atoms with E-state index in [-0.39, 0.29) is 5.75 Å². The van der Waals surface area contributed by atoms with Crippen molar-refractivity contribution in [2.24, 2.45) is 0 Å². The van der Waals surface area contributed by atoms with Crippen molar-refractivity contribution in [2.45, 2.75) is 19.6 Å². The van der Waals surface area contributed by atoms with Crippen molar-refractivity contribution in [3.8, 4) is 17.1 Å². The Morgan fingerprint density at radius 2 is 2.06 bits per heavy atom. The Morgan fingerprint density at radius 1 is 1.28 bits per heavy atom. The van der Waals surface area contributed by atoms with Crippen LogP contribution in [-0.4, -0.2) is 15.1 Å². The summed E-state index contributed by atoms with van der Waals surface area (Å²) in [5.74, 6) is 2.72. The van der Waals surface area contributed by atoms with E-state index in [2.05, 4.69) is 0 Å². The van der Waals surface area contributed by atoms with Gasteiger partial charge < -0.3 is 9.52 Å². The first-order valence-electron chi connectivity index (χ1n) is 5.84. The molecule has 0 spiro atoms. The zero-order valence-corrected chi connectivity index (χ0v) is 11.3. The Hall–Kier alpha value is -1.55. The third-order valence-electron chi connectivity index (χ3n) is 2.78. The fourth-order valence-corrected chi connectivity index (χ4v) is 2.31. The second-order valence-corrected chi connectivity index (χ2v) is 5.89. The SMILES string of the molecule is CCS(=O)Cc1ccc(-c2ccc(C)c(O)c2)o1. The van der Waals surface area contributed by atoms with Gasteiger partial charge in [-0.2, -0.15) is 0 Å². The van der Waals surface area contributed by atoms with Crippen molar-refractivity contribution in [1.82, 2.24) is 0 Å². The molecule has 1 aromatic heterocycles. The summed E-state index contributed by atoms with van der Waals surface area (Å²) in [7, 11) is -0.872. The van der Waals surface area contributed by atoms with Crippen LogP contribution in [0.3, 0.4) is 0 Å². The highest BCUT2D eigenvalue weighted by atomic mass is 32.2. The standard InChI is InChI=1S/C14H16O3S/c1-3-18(16)9-12-6-7-14(17-12)11-5-4-10(2)13(15)8-11/h4-8,15H,3,9H2,1-2H3. The van der Waals surface area contributed by atoms with Crippen molar-refractivity contribution in [3.63, 3.8) is 0 Å². The molecule has 1 atom stereocenters. The lowest BCUT2D eigenvalue weighted by molar-refractivity contribution is 0.470. The lowest BCUT2D eigenvalue weighted by atomic mass is 10.1. The van der Waals surface area contributed by atoms with Gasteiger partial charge in [0.2, 0.25) is 0 Å². The van der Waals surface area contributed by atoms with Crippen LogP contribution in [0.1, 0.15) is 18.2 Å². The predicted molar refractivity (Wildman–Crippen MR) is 72.9 cm³/mol. The van der Waals surface area contributed by atoms with Crippen LogP contribution < -0.4 is 0 Å². The van der Waals surface area contributed by atoms with Crippen molar-refractivity contribution in [3.05, 3.63) is 41.7 Å². The highest BCUT2D eigenvalue weighted by Gasteiger charge is 2.08. The van der Waals surface area contributed by atoms with E-state index in [1.54, 1.807) is 6.07 Å². The Kier molecular flexibility index (Phi) is 3.87. The molecule has 0 aliphatic carbocycles. The van der Waals surface area contributed by atoms with Crippen molar-refractivity contribution >= 4 is 10.8 Å². The number of aryl methyl sites for hydroxylation is 1. The molecule has 0 bridgehead atoms. The lowest BCUT2D eigenvalue weighted by Gasteiger charge is -2.01. The first kappa shape index (κ1) is 12.9. The molecule has 1 N–H and O–H groups in total. The number of benzene rings is 1. The van der Waals surface area contributed by atoms with Crippen molar-refractivity contribution in [2.75, 3.05) is 5.75 Å². The summed E-state index contributed by atoms with van der Waals surface area (Å²) < 4.78 is 17.1. The average Bonchev–Trinajstić information content (AvgIpc) is 2.81. The van der Waals surface area contributed by atoms with E-state index in [0.717, 1.165) is 11.1 Å². The summed E-state index contributed by atoms with van der Waals surface area (Å²) in [6.45, 7) is 3.73. The maximum Gasteiger partial charge on any atom is 0.134 e. The van der Waals surface area contributed by atoms with Gasteiger partial charge in [-0.1, -0.05) is 19.1 Å². The molecule has 96 valence electrons. The minimum absolute atomic E-state index is 0.252. The first-order chi connectivity index (χ1) is 8.60. The predicted octanol–water partition coefficient (Wildman–Crippen LogP) is 3.23. The smallest absolute Gasteiger partial charge is 0.134 e. The molecule has 0 aliphatic rings. The van der Waals surface area contributed by atoms with Crippen LogP contribution in [-0.2, 0) is 16.6 Å². The lowest BCUT2D eigenvalue weighted by Crippen LogP contribution is -1.95. The Balaban J connectivity index is 2.23. The molecule has 4 heteroatoms. The number of furan rings is 1. The van der Waals surface area contributed by atoms with E-state index < -0.39 is 10.8 Å². The van der Waals surface area contributed by atoms with E-state index in [9.17, 15) is 9.32 Å². The van der Waals surface area contributed by atoms with Crippen LogP contribution in [0.25, 0.3) is 11.3 Å². The monoisotopic (exact) mass is 264 g/mol. The Bertz CT molecular complexity index is 572. The van der Waals surface area contributed by atoms with Gasteiger partial charge in [-0.25, -0.2) is 0 Å². The summed E-state index contributed by atoms with van der Waals surface area (Å²) in [6, 6.07) is 9.09. The highest BCUT2D eigenvalue weighted by molar-refractivity contribution is 7.84. The minimum atomic E-state index is -0.872. The van der Waals surface area contributed by atoms with E-state index >= 15 is 0 Å². The van der Waals surface area contributed by atoms with Crippen LogP contribution in [0, 0.1) is 6.92 Å². The van der Waals surface area contributed by atoms with E-state index in [1.165, 1.54) is 0 Å². The molecule has 0 amide bonds. The highest BCUT2D eigenvalue weighted by Crippen LogP contribution is 2.27. The molecule has 2 aromatic rings. The van der Waals surface area contributed by atoms with Crippen molar-refractivity contribution in [1.29, 1.82) is 0 Å². The summed E-state index contributed by atoms with van der Waals surface area (Å²) in [5.41, 5.74) is 1.66. The Morgan fingerprint density at radius 3 is 2.72 bits per heavy atom. The van der Waals surface area contributed by atoms with Gasteiger partial charge in [-0.15, -0.1) is 0 Å². The topological polar surface area (TPSA) is 50.4 Å². The number of rotatable bonds is 4. The average molecular weight is 264 g/mol. The van der Waals surface area contributed by atoms with E-state index in [4.69, 9.17) is 4.42 Å². The van der Waals surface area contributed by atoms with Gasteiger partial charge in [0.1, 0.15) is 17.3 Å². The molecule has 18 heavy (non-hydrogen) atoms. The molecule has 1 aromatic carbocycles. The first-order valence-corrected chi connectivity index (χ1v) is 7.32. The molecule has 2 rings (SSSR count). The van der Waals surface area contributed by atoms with Gasteiger partial charge in [0.25, 0.3) is 0 Å². The van der Waals surface area contributed by atoms with Crippen molar-refractivity contribution < 1.29 is 13.7 Å². The second kappa shape index (κ2) is 5.40. The van der Waals surface area contributed by atoms with Crippen LogP contribution >= 0.6 is 0 Å². The fourth-order valence-electron chi connectivity index (χ4n) is 1.63. The van der Waals surface area contributed by atoms with Gasteiger partial charge in [0.05, 0.1) is 5.75 Å². The van der Waals surface area contributed by atoms with Crippen LogP contribution in [0.4, 0.5) is 0 Å². The summed E-state index contributed by atoms with van der Waals surface area (Å²) >= 11 is 0. The van der Waals surface area contributed by atoms with Gasteiger partial charge in [-0.05, 0) is 30.7 Å². The molecule has 3 nitrogen and oxygen atoms in total. The second-order valence-electron chi connectivity index (χ2n) is 4.14. The minimum Gasteiger partial charge on any atom is -0.508 e. The number of hydrogen-bond acceptors (Lipinski definition) is 3. The molecule has 1 heterocycles. The van der Waals surface area contributed by atoms with E-state index in [0.29, 0.717) is 23.0 Å². The molecular weight excluding hydrogens is 248 g/mol. The van der Waals surface area contributed by atoms with Gasteiger partial charge in [0, 0.05) is 22.1 Å². The molecular formula is C14H16O3S. The molecule has 1 unspecified atom stereocenters. The third kappa shape index (κ3) is 2.82. The van der Waals surface area contributed by atoms with Gasteiger partial charge in [-0.3, -0.25) is 4.21 Å². The molecule has 0 aliphatic heterocycles. The molecule has 0 saturated carbocycles. The number of phenolic OH excluding ortho intramolecular Hbond substituents is 1. The normalized spacial score (nSPS) is 12.6. The molecule has 0 fully saturated rings. The van der Waals surface area contributed by atoms with Crippen LogP contribution in [0.5, 0.6) is 5.75 Å². The van der Waals surface area contributed by atoms with Crippen LogP contribution in [0.2, 0.25) is 0 Å². The summed E-state index contributed by atoms with van der Waals surface area (Å²) in [4.78, 5) is 0. The number of phenols is 1. The third-order valence-corrected chi connectivity index (χ3v) is 4.03. The molecule has 0 radical (unpaired) electrons. The maximum atomic E-state index is 11.4. The van der Waals surface area contributed by atoms with Crippen LogP contribution in [0.15, 0.2) is 34.7 Å². The zero-order chi connectivity index (χ0) is 13.1. The maximum absolute atomic E-state index is 11.4. The Labute approximate surface area is 109 Å². The summed E-state index contributed by atoms with van der Waals surface area (Å²) in [6.07, 6.45) is 0. The quantitative estimate of drug-likeness (QED) is 0.922. The number of aromatic hydroxyl groups is 1.